The van der Waals surface area contributed by atoms with E-state index in [2.05, 4.69) is 17.2 Å². The molecule has 1 aromatic carbocycles. The second-order valence-corrected chi connectivity index (χ2v) is 13.3. The normalized spacial score (nSPS) is 26.3. The number of sulfonamides is 1. The number of hydrogen-bond donors (Lipinski definition) is 2. The minimum absolute atomic E-state index is 0.115. The van der Waals surface area contributed by atoms with Gasteiger partial charge in [-0.2, -0.15) is 9.40 Å². The van der Waals surface area contributed by atoms with Gasteiger partial charge in [-0.15, -0.1) is 0 Å². The van der Waals surface area contributed by atoms with E-state index < -0.39 is 21.5 Å². The number of fused-ring (bicyclic) bond motifs is 2. The van der Waals surface area contributed by atoms with Gasteiger partial charge < -0.3 is 10.3 Å². The van der Waals surface area contributed by atoms with E-state index in [9.17, 15) is 22.0 Å². The number of nitrogens with one attached hydrogen (secondary N) is 2. The first-order chi connectivity index (χ1) is 18.0. The van der Waals surface area contributed by atoms with Crippen molar-refractivity contribution in [2.45, 2.75) is 94.2 Å². The van der Waals surface area contributed by atoms with Gasteiger partial charge in [0.2, 0.25) is 15.9 Å². The molecule has 0 saturated heterocycles. The molecule has 2 N–H and O–H groups in total. The molecule has 0 bridgehead atoms. The van der Waals surface area contributed by atoms with Gasteiger partial charge in [0.25, 0.3) is 5.56 Å². The third-order valence-corrected chi connectivity index (χ3v) is 11.0. The van der Waals surface area contributed by atoms with E-state index in [0.717, 1.165) is 24.8 Å². The van der Waals surface area contributed by atoms with E-state index >= 15 is 0 Å². The fourth-order valence-corrected chi connectivity index (χ4v) is 8.52. The van der Waals surface area contributed by atoms with Crippen LogP contribution in [0, 0.1) is 5.92 Å². The van der Waals surface area contributed by atoms with Crippen LogP contribution in [0.15, 0.2) is 40.2 Å². The van der Waals surface area contributed by atoms with E-state index in [0.29, 0.717) is 28.4 Å². The molecule has 0 radical (unpaired) electrons. The number of pyridine rings is 1. The lowest BCUT2D eigenvalue weighted by Gasteiger charge is -2.42. The Hall–Kier alpha value is -2.79. The molecule has 2 aromatic heterocycles. The molecule has 38 heavy (non-hydrogen) atoms. The molecule has 3 heterocycles. The summed E-state index contributed by atoms with van der Waals surface area (Å²) in [6.45, 7) is 4.12. The Balaban J connectivity index is 1.33. The number of H-pyrrole nitrogens is 1. The second kappa shape index (κ2) is 8.87. The molecule has 2 fully saturated rings. The van der Waals surface area contributed by atoms with Crippen molar-refractivity contribution < 1.29 is 17.2 Å². The molecule has 1 aliphatic heterocycles. The Morgan fingerprint density at radius 3 is 2.58 bits per heavy atom. The summed E-state index contributed by atoms with van der Waals surface area (Å²) in [5.41, 5.74) is 0.898. The van der Waals surface area contributed by atoms with Gasteiger partial charge in [-0.05, 0) is 68.4 Å². The maximum absolute atomic E-state index is 13.8. The maximum atomic E-state index is 13.8. The van der Waals surface area contributed by atoms with Gasteiger partial charge in [-0.25, -0.2) is 17.2 Å². The zero-order valence-corrected chi connectivity index (χ0v) is 22.5. The Morgan fingerprint density at radius 1 is 1.11 bits per heavy atom. The topological polar surface area (TPSA) is 100 Å². The van der Waals surface area contributed by atoms with Gasteiger partial charge in [-0.3, -0.25) is 9.48 Å². The highest BCUT2D eigenvalue weighted by molar-refractivity contribution is 7.89. The summed E-state index contributed by atoms with van der Waals surface area (Å²) in [5, 5.41) is 8.58. The van der Waals surface area contributed by atoms with E-state index in [-0.39, 0.29) is 48.7 Å². The first-order valence-electron chi connectivity index (χ1n) is 13.4. The minimum Gasteiger partial charge on any atom is -0.338 e. The Morgan fingerprint density at radius 2 is 1.84 bits per heavy atom. The van der Waals surface area contributed by atoms with Gasteiger partial charge >= 0.3 is 0 Å². The van der Waals surface area contributed by atoms with Crippen LogP contribution >= 0.6 is 0 Å². The first-order valence-corrected chi connectivity index (χ1v) is 14.8. The zero-order chi connectivity index (χ0) is 26.9. The molecule has 2 atom stereocenters. The summed E-state index contributed by atoms with van der Waals surface area (Å²) in [6, 6.07) is 7.06. The van der Waals surface area contributed by atoms with Crippen molar-refractivity contribution in [3.63, 3.8) is 0 Å². The Bertz CT molecular complexity index is 1550. The summed E-state index contributed by atoms with van der Waals surface area (Å²) >= 11 is 0. The lowest BCUT2D eigenvalue weighted by molar-refractivity contribution is -0.0649. The fourth-order valence-electron chi connectivity index (χ4n) is 6.51. The van der Waals surface area contributed by atoms with Crippen LogP contribution in [0.3, 0.4) is 0 Å². The van der Waals surface area contributed by atoms with E-state index in [1.807, 2.05) is 10.7 Å². The summed E-state index contributed by atoms with van der Waals surface area (Å²) in [4.78, 5) is 15.8. The minimum atomic E-state index is -3.80. The van der Waals surface area contributed by atoms with Gasteiger partial charge in [0, 0.05) is 36.8 Å². The van der Waals surface area contributed by atoms with Gasteiger partial charge in [0.05, 0.1) is 16.5 Å². The van der Waals surface area contributed by atoms with Crippen LogP contribution in [0.25, 0.3) is 10.9 Å². The van der Waals surface area contributed by atoms with Gasteiger partial charge in [0.15, 0.2) is 5.82 Å². The molecule has 6 rings (SSSR count). The predicted molar refractivity (Wildman–Crippen MR) is 141 cm³/mol. The molecular weight excluding hydrogens is 512 g/mol. The van der Waals surface area contributed by atoms with Gasteiger partial charge in [-0.1, -0.05) is 19.8 Å². The zero-order valence-electron chi connectivity index (χ0n) is 21.6. The van der Waals surface area contributed by atoms with Crippen molar-refractivity contribution in [1.29, 1.82) is 0 Å². The highest BCUT2D eigenvalue weighted by Gasteiger charge is 2.50. The van der Waals surface area contributed by atoms with E-state index in [1.165, 1.54) is 10.7 Å². The van der Waals surface area contributed by atoms with Crippen molar-refractivity contribution in [3.8, 4) is 0 Å². The summed E-state index contributed by atoms with van der Waals surface area (Å²) in [7, 11) is -3.80. The van der Waals surface area contributed by atoms with Crippen molar-refractivity contribution in [1.82, 2.24) is 19.1 Å². The number of alkyl halides is 2. The molecule has 204 valence electrons. The van der Waals surface area contributed by atoms with Crippen LogP contribution in [0.4, 0.5) is 20.3 Å². The number of anilines is 2. The van der Waals surface area contributed by atoms with Crippen molar-refractivity contribution in [2.75, 3.05) is 5.32 Å². The maximum Gasteiger partial charge on any atom is 0.261 e. The largest absolute Gasteiger partial charge is 0.338 e. The third kappa shape index (κ3) is 4.14. The van der Waals surface area contributed by atoms with E-state index in [1.54, 1.807) is 31.3 Å². The SMILES string of the molecule is C[C@H]1CCCC[C@@H]1n1nc(Nc2ccc3c(c2)CN(C2(C)CCC(F)(F)CC2)S3(=O)=O)c2c(=O)[nH]ccc21. The highest BCUT2D eigenvalue weighted by atomic mass is 32.2. The van der Waals surface area contributed by atoms with Crippen molar-refractivity contribution >= 4 is 32.4 Å². The van der Waals surface area contributed by atoms with Crippen LogP contribution in [-0.2, 0) is 16.6 Å². The van der Waals surface area contributed by atoms with Crippen molar-refractivity contribution in [3.05, 3.63) is 46.4 Å². The Labute approximate surface area is 220 Å². The van der Waals surface area contributed by atoms with Crippen LogP contribution in [0.2, 0.25) is 0 Å². The number of aromatic amines is 1. The molecule has 8 nitrogen and oxygen atoms in total. The fraction of sp³-hybridized carbons (Fsp3) is 0.556. The summed E-state index contributed by atoms with van der Waals surface area (Å²) in [5.74, 6) is -1.87. The average molecular weight is 546 g/mol. The second-order valence-electron chi connectivity index (χ2n) is 11.5. The highest BCUT2D eigenvalue weighted by Crippen LogP contribution is 2.47. The van der Waals surface area contributed by atoms with Crippen molar-refractivity contribution in [2.24, 2.45) is 5.92 Å². The molecule has 0 spiro atoms. The van der Waals surface area contributed by atoms with Crippen LogP contribution in [-0.4, -0.2) is 38.9 Å². The molecule has 2 aliphatic carbocycles. The number of rotatable bonds is 4. The Kier molecular flexibility index (Phi) is 5.95. The number of aromatic nitrogens is 3. The molecule has 11 heteroatoms. The van der Waals surface area contributed by atoms with Crippen LogP contribution < -0.4 is 10.9 Å². The molecule has 0 unspecified atom stereocenters. The standard InChI is InChI=1S/C27H33F2N5O3S/c1-17-5-3-4-6-20(17)34-21-9-14-30-25(35)23(21)24(32-34)31-19-7-8-22-18(15-19)16-33(38(22,36)37)26(2)10-12-27(28,29)13-11-26/h7-9,14-15,17,20H,3-6,10-13,16H2,1-2H3,(H,30,35)(H,31,32)/t17-,20-/m0/s1. The molecule has 2 saturated carbocycles. The average Bonchev–Trinajstić information content (AvgIpc) is 3.37. The molecule has 0 amide bonds. The quantitative estimate of drug-likeness (QED) is 0.439. The van der Waals surface area contributed by atoms with Crippen LogP contribution in [0.1, 0.15) is 76.8 Å². The lowest BCUT2D eigenvalue weighted by atomic mass is 9.81. The number of hydrogen-bond acceptors (Lipinski definition) is 5. The number of nitrogens with zero attached hydrogens (tertiary/aromatic N) is 3. The molecule has 3 aliphatic rings. The lowest BCUT2D eigenvalue weighted by Crippen LogP contribution is -2.50. The number of halogens is 2. The smallest absolute Gasteiger partial charge is 0.261 e. The van der Waals surface area contributed by atoms with Gasteiger partial charge in [0.1, 0.15) is 5.39 Å². The molecule has 3 aromatic rings. The first kappa shape index (κ1) is 25.5. The monoisotopic (exact) mass is 545 g/mol. The summed E-state index contributed by atoms with van der Waals surface area (Å²) in [6.07, 6.45) is 5.66. The van der Waals surface area contributed by atoms with E-state index in [4.69, 9.17) is 5.10 Å². The molecular formula is C27H33F2N5O3S. The summed E-state index contributed by atoms with van der Waals surface area (Å²) < 4.78 is 57.8. The number of benzene rings is 1. The third-order valence-electron chi connectivity index (χ3n) is 8.88. The predicted octanol–water partition coefficient (Wildman–Crippen LogP) is 5.69. The van der Waals surface area contributed by atoms with Crippen LogP contribution in [0.5, 0.6) is 0 Å².